The number of halogens is 1. The van der Waals surface area contributed by atoms with Gasteiger partial charge in [0.25, 0.3) is 5.91 Å². The lowest BCUT2D eigenvalue weighted by Gasteiger charge is -2.21. The van der Waals surface area contributed by atoms with Crippen molar-refractivity contribution >= 4 is 17.2 Å². The summed E-state index contributed by atoms with van der Waals surface area (Å²) in [5.74, 6) is -0.315. The smallest absolute Gasteiger partial charge is 0.273 e. The highest BCUT2D eigenvalue weighted by molar-refractivity contribution is 7.13. The van der Waals surface area contributed by atoms with Gasteiger partial charge in [-0.25, -0.2) is 9.37 Å². The molecule has 0 radical (unpaired) electrons. The summed E-state index contributed by atoms with van der Waals surface area (Å²) in [6.07, 6.45) is 2.03. The highest BCUT2D eigenvalue weighted by Gasteiger charge is 2.34. The average Bonchev–Trinajstić information content (AvgIpc) is 3.37. The monoisotopic (exact) mass is 352 g/mol. The van der Waals surface area contributed by atoms with Gasteiger partial charge in [-0.05, 0) is 30.5 Å². The summed E-state index contributed by atoms with van der Waals surface area (Å²) in [5, 5.41) is 2.67. The van der Waals surface area contributed by atoms with Crippen molar-refractivity contribution in [2.45, 2.75) is 25.4 Å². The van der Waals surface area contributed by atoms with E-state index < -0.39 is 0 Å². The molecule has 0 aliphatic heterocycles. The van der Waals surface area contributed by atoms with Crippen molar-refractivity contribution in [1.82, 2.24) is 9.88 Å². The average molecular weight is 352 g/mol. The molecule has 1 saturated carbocycles. The highest BCUT2D eigenvalue weighted by atomic mass is 32.1. The van der Waals surface area contributed by atoms with Gasteiger partial charge < -0.3 is 4.90 Å². The van der Waals surface area contributed by atoms with Gasteiger partial charge in [0.1, 0.15) is 16.5 Å². The highest BCUT2D eigenvalue weighted by Crippen LogP contribution is 2.31. The molecule has 5 heteroatoms. The van der Waals surface area contributed by atoms with Gasteiger partial charge in [0.05, 0.1) is 0 Å². The van der Waals surface area contributed by atoms with E-state index in [2.05, 4.69) is 4.98 Å². The third-order valence-electron chi connectivity index (χ3n) is 4.26. The molecule has 1 amide bonds. The molecule has 1 aliphatic rings. The molecule has 1 heterocycles. The van der Waals surface area contributed by atoms with E-state index in [9.17, 15) is 9.18 Å². The fourth-order valence-corrected chi connectivity index (χ4v) is 3.57. The number of hydrogen-bond donors (Lipinski definition) is 0. The van der Waals surface area contributed by atoms with E-state index in [-0.39, 0.29) is 17.8 Å². The van der Waals surface area contributed by atoms with Gasteiger partial charge in [0, 0.05) is 23.5 Å². The van der Waals surface area contributed by atoms with Gasteiger partial charge >= 0.3 is 0 Å². The summed E-state index contributed by atoms with van der Waals surface area (Å²) in [7, 11) is 0. The van der Waals surface area contributed by atoms with Gasteiger partial charge in [-0.3, -0.25) is 4.79 Å². The topological polar surface area (TPSA) is 33.2 Å². The Kier molecular flexibility index (Phi) is 4.32. The van der Waals surface area contributed by atoms with Crippen LogP contribution in [-0.2, 0) is 6.54 Å². The Morgan fingerprint density at radius 2 is 1.84 bits per heavy atom. The van der Waals surface area contributed by atoms with Crippen LogP contribution in [0.3, 0.4) is 0 Å². The van der Waals surface area contributed by atoms with E-state index in [1.54, 1.807) is 12.1 Å². The van der Waals surface area contributed by atoms with E-state index in [0.717, 1.165) is 29.0 Å². The molecule has 3 aromatic rings. The number of aromatic nitrogens is 1. The first kappa shape index (κ1) is 16.0. The minimum Gasteiger partial charge on any atom is -0.330 e. The molecular formula is C20H17FN2OS. The third-order valence-corrected chi connectivity index (χ3v) is 5.15. The van der Waals surface area contributed by atoms with Crippen LogP contribution < -0.4 is 0 Å². The number of hydrogen-bond acceptors (Lipinski definition) is 3. The van der Waals surface area contributed by atoms with Crippen LogP contribution in [0.5, 0.6) is 0 Å². The molecule has 3 nitrogen and oxygen atoms in total. The maximum absolute atomic E-state index is 13.1. The van der Waals surface area contributed by atoms with Gasteiger partial charge in [-0.2, -0.15) is 0 Å². The first-order valence-electron chi connectivity index (χ1n) is 8.27. The fourth-order valence-electron chi connectivity index (χ4n) is 2.77. The lowest BCUT2D eigenvalue weighted by atomic mass is 10.2. The number of carbonyl (C=O) groups excluding carboxylic acids is 1. The molecule has 0 spiro atoms. The predicted molar refractivity (Wildman–Crippen MR) is 96.8 cm³/mol. The number of rotatable bonds is 5. The molecule has 4 rings (SSSR count). The molecule has 0 bridgehead atoms. The maximum Gasteiger partial charge on any atom is 0.273 e. The predicted octanol–water partition coefficient (Wildman–Crippen LogP) is 4.75. The Bertz CT molecular complexity index is 872. The molecule has 0 unspecified atom stereocenters. The molecule has 1 fully saturated rings. The molecular weight excluding hydrogens is 335 g/mol. The van der Waals surface area contributed by atoms with Crippen LogP contribution >= 0.6 is 11.3 Å². The normalized spacial score (nSPS) is 13.6. The number of nitrogens with zero attached hydrogens (tertiary/aromatic N) is 2. The number of carbonyl (C=O) groups is 1. The third kappa shape index (κ3) is 3.61. The summed E-state index contributed by atoms with van der Waals surface area (Å²) in [5.41, 5.74) is 2.43. The second-order valence-corrected chi connectivity index (χ2v) is 7.05. The first-order valence-corrected chi connectivity index (χ1v) is 9.15. The molecule has 0 saturated heterocycles. The van der Waals surface area contributed by atoms with Crippen molar-refractivity contribution in [2.24, 2.45) is 0 Å². The van der Waals surface area contributed by atoms with Crippen molar-refractivity contribution in [2.75, 3.05) is 0 Å². The van der Waals surface area contributed by atoms with Crippen LogP contribution in [0, 0.1) is 5.82 Å². The van der Waals surface area contributed by atoms with E-state index in [0.29, 0.717) is 12.2 Å². The van der Waals surface area contributed by atoms with Crippen molar-refractivity contribution in [1.29, 1.82) is 0 Å². The lowest BCUT2D eigenvalue weighted by Crippen LogP contribution is -2.32. The van der Waals surface area contributed by atoms with Crippen LogP contribution in [0.25, 0.3) is 10.6 Å². The zero-order valence-corrected chi connectivity index (χ0v) is 14.4. The first-order chi connectivity index (χ1) is 12.2. The van der Waals surface area contributed by atoms with Crippen molar-refractivity contribution in [3.63, 3.8) is 0 Å². The molecule has 0 N–H and O–H groups in total. The molecule has 126 valence electrons. The summed E-state index contributed by atoms with van der Waals surface area (Å²) in [4.78, 5) is 19.3. The summed E-state index contributed by atoms with van der Waals surface area (Å²) in [6.45, 7) is 0.488. The number of benzene rings is 2. The second-order valence-electron chi connectivity index (χ2n) is 6.19. The van der Waals surface area contributed by atoms with E-state index in [4.69, 9.17) is 0 Å². The van der Waals surface area contributed by atoms with Gasteiger partial charge in [0.2, 0.25) is 0 Å². The molecule has 2 aromatic carbocycles. The summed E-state index contributed by atoms with van der Waals surface area (Å²) in [6, 6.07) is 16.5. The van der Waals surface area contributed by atoms with Crippen LogP contribution in [0.2, 0.25) is 0 Å². The molecule has 25 heavy (non-hydrogen) atoms. The zero-order valence-electron chi connectivity index (χ0n) is 13.6. The molecule has 0 atom stereocenters. The van der Waals surface area contributed by atoms with E-state index >= 15 is 0 Å². The minimum absolute atomic E-state index is 0.0507. The number of thiazole rings is 1. The Labute approximate surface area is 149 Å². The Hall–Kier alpha value is -2.53. The van der Waals surface area contributed by atoms with Crippen molar-refractivity contribution in [3.05, 3.63) is 77.1 Å². The van der Waals surface area contributed by atoms with Gasteiger partial charge in [-0.1, -0.05) is 42.5 Å². The zero-order chi connectivity index (χ0) is 17.2. The SMILES string of the molecule is O=C(c1csc(-c2ccccc2)n1)N(Cc1ccc(F)cc1)C1CC1. The summed E-state index contributed by atoms with van der Waals surface area (Å²) < 4.78 is 13.1. The maximum atomic E-state index is 13.1. The van der Waals surface area contributed by atoms with Crippen LogP contribution in [0.4, 0.5) is 4.39 Å². The van der Waals surface area contributed by atoms with Gasteiger partial charge in [-0.15, -0.1) is 11.3 Å². The summed E-state index contributed by atoms with van der Waals surface area (Å²) >= 11 is 1.48. The largest absolute Gasteiger partial charge is 0.330 e. The quantitative estimate of drug-likeness (QED) is 0.664. The fraction of sp³-hybridized carbons (Fsp3) is 0.200. The Morgan fingerprint density at radius 3 is 2.52 bits per heavy atom. The Morgan fingerprint density at radius 1 is 1.12 bits per heavy atom. The number of amides is 1. The van der Waals surface area contributed by atoms with Crippen molar-refractivity contribution in [3.8, 4) is 10.6 Å². The molecule has 1 aromatic heterocycles. The van der Waals surface area contributed by atoms with Crippen LogP contribution in [-0.4, -0.2) is 21.8 Å². The minimum atomic E-state index is -0.264. The Balaban J connectivity index is 1.55. The van der Waals surface area contributed by atoms with Crippen LogP contribution in [0.1, 0.15) is 28.9 Å². The van der Waals surface area contributed by atoms with Crippen LogP contribution in [0.15, 0.2) is 60.0 Å². The van der Waals surface area contributed by atoms with E-state index in [1.165, 1.54) is 23.5 Å². The molecule has 1 aliphatic carbocycles. The van der Waals surface area contributed by atoms with Gasteiger partial charge in [0.15, 0.2) is 0 Å². The standard InChI is InChI=1S/C20H17FN2OS/c21-16-8-6-14(7-9-16)12-23(17-10-11-17)20(24)18-13-25-19(22-18)15-4-2-1-3-5-15/h1-9,13,17H,10-12H2. The lowest BCUT2D eigenvalue weighted by molar-refractivity contribution is 0.0725. The van der Waals surface area contributed by atoms with E-state index in [1.807, 2.05) is 40.6 Å². The second kappa shape index (κ2) is 6.76. The van der Waals surface area contributed by atoms with Crippen molar-refractivity contribution < 1.29 is 9.18 Å².